The molecule has 0 unspecified atom stereocenters. The van der Waals surface area contributed by atoms with Crippen LogP contribution in [0.4, 0.5) is 0 Å². The molecule has 0 saturated carbocycles. The highest BCUT2D eigenvalue weighted by Crippen LogP contribution is 2.23. The lowest BCUT2D eigenvalue weighted by atomic mass is 9.98. The summed E-state index contributed by atoms with van der Waals surface area (Å²) in [5.74, 6) is 0.650. The molecule has 1 fully saturated rings. The van der Waals surface area contributed by atoms with E-state index in [1.54, 1.807) is 12.4 Å². The van der Waals surface area contributed by atoms with Gasteiger partial charge in [0.05, 0.1) is 17.7 Å². The average molecular weight is 267 g/mol. The first-order chi connectivity index (χ1) is 5.71. The average Bonchev–Trinajstić information content (AvgIpc) is 2.02. The number of hydrogen-bond donors (Lipinski definition) is 1. The molecule has 2 heterocycles. The lowest BCUT2D eigenvalue weighted by Crippen LogP contribution is -2.55. The van der Waals surface area contributed by atoms with Gasteiger partial charge in [-0.05, 0) is 15.9 Å². The number of halogens is 2. The van der Waals surface area contributed by atoms with Gasteiger partial charge in [0.25, 0.3) is 0 Å². The maximum atomic E-state index is 5.91. The minimum Gasteiger partial charge on any atom is -0.376 e. The molecular formula is C7H9BrClN3O. The SMILES string of the molecule is Cl.NC1(c2ncc(Br)cn2)COC1. The molecule has 1 saturated heterocycles. The minimum atomic E-state index is -0.458. The molecule has 72 valence electrons. The van der Waals surface area contributed by atoms with E-state index >= 15 is 0 Å². The van der Waals surface area contributed by atoms with Crippen molar-refractivity contribution >= 4 is 28.3 Å². The van der Waals surface area contributed by atoms with Crippen molar-refractivity contribution in [3.8, 4) is 0 Å². The van der Waals surface area contributed by atoms with Crippen LogP contribution in [0.2, 0.25) is 0 Å². The number of ether oxygens (including phenoxy) is 1. The molecule has 13 heavy (non-hydrogen) atoms. The fourth-order valence-corrected chi connectivity index (χ4v) is 1.23. The zero-order valence-electron chi connectivity index (χ0n) is 6.74. The summed E-state index contributed by atoms with van der Waals surface area (Å²) in [4.78, 5) is 8.22. The number of nitrogens with zero attached hydrogens (tertiary/aromatic N) is 2. The zero-order chi connectivity index (χ0) is 8.60. The van der Waals surface area contributed by atoms with Gasteiger partial charge < -0.3 is 10.5 Å². The highest BCUT2D eigenvalue weighted by atomic mass is 79.9. The molecule has 1 aromatic heterocycles. The van der Waals surface area contributed by atoms with Crippen LogP contribution < -0.4 is 5.73 Å². The first-order valence-corrected chi connectivity index (χ1v) is 4.35. The van der Waals surface area contributed by atoms with E-state index < -0.39 is 5.54 Å². The van der Waals surface area contributed by atoms with Gasteiger partial charge in [-0.3, -0.25) is 0 Å². The first-order valence-electron chi connectivity index (χ1n) is 3.55. The van der Waals surface area contributed by atoms with Crippen LogP contribution >= 0.6 is 28.3 Å². The highest BCUT2D eigenvalue weighted by molar-refractivity contribution is 9.10. The summed E-state index contributed by atoms with van der Waals surface area (Å²) >= 11 is 3.26. The lowest BCUT2D eigenvalue weighted by molar-refractivity contribution is -0.0613. The minimum absolute atomic E-state index is 0. The topological polar surface area (TPSA) is 61.0 Å². The van der Waals surface area contributed by atoms with Gasteiger partial charge in [0.2, 0.25) is 0 Å². The molecule has 1 aromatic rings. The summed E-state index contributed by atoms with van der Waals surface area (Å²) in [7, 11) is 0. The quantitative estimate of drug-likeness (QED) is 0.818. The van der Waals surface area contributed by atoms with Gasteiger partial charge in [0, 0.05) is 12.4 Å². The maximum absolute atomic E-state index is 5.91. The van der Waals surface area contributed by atoms with E-state index in [0.717, 1.165) is 4.47 Å². The number of nitrogens with two attached hydrogens (primary N) is 1. The predicted octanol–water partition coefficient (Wildman–Crippen LogP) is 0.845. The van der Waals surface area contributed by atoms with Crippen LogP contribution in [0.25, 0.3) is 0 Å². The second-order valence-corrected chi connectivity index (χ2v) is 3.79. The third-order valence-electron chi connectivity index (χ3n) is 1.78. The van der Waals surface area contributed by atoms with Crippen molar-refractivity contribution in [1.82, 2.24) is 9.97 Å². The molecule has 2 N–H and O–H groups in total. The van der Waals surface area contributed by atoms with Gasteiger partial charge in [-0.15, -0.1) is 12.4 Å². The summed E-state index contributed by atoms with van der Waals surface area (Å²) in [5.41, 5.74) is 5.45. The van der Waals surface area contributed by atoms with Gasteiger partial charge in [-0.25, -0.2) is 9.97 Å². The van der Waals surface area contributed by atoms with E-state index in [4.69, 9.17) is 10.5 Å². The van der Waals surface area contributed by atoms with Gasteiger partial charge in [0.1, 0.15) is 5.54 Å². The van der Waals surface area contributed by atoms with Crippen LogP contribution in [0.1, 0.15) is 5.82 Å². The Morgan fingerprint density at radius 2 is 1.92 bits per heavy atom. The van der Waals surface area contributed by atoms with Gasteiger partial charge >= 0.3 is 0 Å². The predicted molar refractivity (Wildman–Crippen MR) is 53.7 cm³/mol. The van der Waals surface area contributed by atoms with E-state index in [1.165, 1.54) is 0 Å². The Balaban J connectivity index is 0.000000845. The van der Waals surface area contributed by atoms with Crippen molar-refractivity contribution in [3.05, 3.63) is 22.7 Å². The van der Waals surface area contributed by atoms with E-state index in [0.29, 0.717) is 19.0 Å². The number of hydrogen-bond acceptors (Lipinski definition) is 4. The fourth-order valence-electron chi connectivity index (χ4n) is 1.02. The van der Waals surface area contributed by atoms with E-state index in [-0.39, 0.29) is 12.4 Å². The molecule has 4 nitrogen and oxygen atoms in total. The smallest absolute Gasteiger partial charge is 0.152 e. The van der Waals surface area contributed by atoms with Crippen molar-refractivity contribution in [2.75, 3.05) is 13.2 Å². The molecule has 1 aliphatic rings. The van der Waals surface area contributed by atoms with Crippen LogP contribution in [0.5, 0.6) is 0 Å². The van der Waals surface area contributed by atoms with Gasteiger partial charge in [-0.1, -0.05) is 0 Å². The normalized spacial score (nSPS) is 18.6. The van der Waals surface area contributed by atoms with E-state index in [1.807, 2.05) is 0 Å². The maximum Gasteiger partial charge on any atom is 0.152 e. The van der Waals surface area contributed by atoms with E-state index in [9.17, 15) is 0 Å². The third kappa shape index (κ3) is 1.99. The first kappa shape index (κ1) is 10.8. The van der Waals surface area contributed by atoms with Crippen LogP contribution in [0.3, 0.4) is 0 Å². The fraction of sp³-hybridized carbons (Fsp3) is 0.429. The Bertz CT molecular complexity index is 288. The van der Waals surface area contributed by atoms with Crippen molar-refractivity contribution in [2.24, 2.45) is 5.73 Å². The molecule has 0 atom stereocenters. The third-order valence-corrected chi connectivity index (χ3v) is 2.19. The Morgan fingerprint density at radius 1 is 1.38 bits per heavy atom. The van der Waals surface area contributed by atoms with Crippen molar-refractivity contribution in [2.45, 2.75) is 5.54 Å². The van der Waals surface area contributed by atoms with Crippen LogP contribution in [-0.2, 0) is 10.3 Å². The number of rotatable bonds is 1. The number of aromatic nitrogens is 2. The van der Waals surface area contributed by atoms with Gasteiger partial charge in [-0.2, -0.15) is 0 Å². The Labute approximate surface area is 90.4 Å². The molecule has 0 amide bonds. The standard InChI is InChI=1S/C7H8BrN3O.ClH/c8-5-1-10-6(11-2-5)7(9)3-12-4-7;/h1-2H,3-4,9H2;1H. The Morgan fingerprint density at radius 3 is 2.31 bits per heavy atom. The molecule has 2 rings (SSSR count). The molecule has 0 spiro atoms. The second-order valence-electron chi connectivity index (χ2n) is 2.87. The Kier molecular flexibility index (Phi) is 3.23. The zero-order valence-corrected chi connectivity index (χ0v) is 9.14. The molecule has 0 bridgehead atoms. The van der Waals surface area contributed by atoms with Crippen LogP contribution in [0, 0.1) is 0 Å². The monoisotopic (exact) mass is 265 g/mol. The Hall–Kier alpha value is -0.230. The highest BCUT2D eigenvalue weighted by Gasteiger charge is 2.38. The summed E-state index contributed by atoms with van der Waals surface area (Å²) < 4.78 is 5.86. The van der Waals surface area contributed by atoms with E-state index in [2.05, 4.69) is 25.9 Å². The van der Waals surface area contributed by atoms with Crippen molar-refractivity contribution in [1.29, 1.82) is 0 Å². The lowest BCUT2D eigenvalue weighted by Gasteiger charge is -2.35. The summed E-state index contributed by atoms with van der Waals surface area (Å²) in [5, 5.41) is 0. The summed E-state index contributed by atoms with van der Waals surface area (Å²) in [6, 6.07) is 0. The summed E-state index contributed by atoms with van der Waals surface area (Å²) in [6.45, 7) is 1.02. The van der Waals surface area contributed by atoms with Gasteiger partial charge in [0.15, 0.2) is 5.82 Å². The molecule has 1 aliphatic heterocycles. The summed E-state index contributed by atoms with van der Waals surface area (Å²) in [6.07, 6.45) is 3.38. The molecule has 6 heteroatoms. The van der Waals surface area contributed by atoms with Crippen molar-refractivity contribution < 1.29 is 4.74 Å². The second kappa shape index (κ2) is 3.88. The molecule has 0 aromatic carbocycles. The molecule has 0 aliphatic carbocycles. The molecular weight excluding hydrogens is 257 g/mol. The van der Waals surface area contributed by atoms with Crippen LogP contribution in [-0.4, -0.2) is 23.2 Å². The van der Waals surface area contributed by atoms with Crippen molar-refractivity contribution in [3.63, 3.8) is 0 Å². The molecule has 0 radical (unpaired) electrons. The largest absolute Gasteiger partial charge is 0.376 e. The van der Waals surface area contributed by atoms with Crippen LogP contribution in [0.15, 0.2) is 16.9 Å².